The smallest absolute Gasteiger partial charge is 0.373 e. The van der Waals surface area contributed by atoms with E-state index in [9.17, 15) is 23.1 Å². The molecule has 2 aromatic rings. The maximum absolute atomic E-state index is 12.9. The van der Waals surface area contributed by atoms with Gasteiger partial charge in [0.2, 0.25) is 5.60 Å². The molecule has 3 rings (SSSR count). The number of amides is 1. The van der Waals surface area contributed by atoms with E-state index in [1.54, 1.807) is 10.9 Å². The van der Waals surface area contributed by atoms with Gasteiger partial charge in [-0.2, -0.15) is 18.3 Å². The lowest BCUT2D eigenvalue weighted by Gasteiger charge is -2.36. The molecule has 0 radical (unpaired) electrons. The molecule has 25 heavy (non-hydrogen) atoms. The molecule has 1 aromatic carbocycles. The molecule has 0 saturated heterocycles. The topological polar surface area (TPSA) is 58.4 Å². The predicted molar refractivity (Wildman–Crippen MR) is 84.1 cm³/mol. The third-order valence-corrected chi connectivity index (χ3v) is 4.46. The highest BCUT2D eigenvalue weighted by atomic mass is 19.4. The van der Waals surface area contributed by atoms with Crippen LogP contribution in [0.5, 0.6) is 0 Å². The molecule has 1 aromatic heterocycles. The fourth-order valence-electron chi connectivity index (χ4n) is 3.08. The zero-order valence-corrected chi connectivity index (χ0v) is 13.8. The zero-order valence-electron chi connectivity index (χ0n) is 13.8. The van der Waals surface area contributed by atoms with E-state index in [1.165, 1.54) is 0 Å². The van der Waals surface area contributed by atoms with E-state index in [2.05, 4.69) is 5.10 Å². The van der Waals surface area contributed by atoms with Crippen LogP contribution >= 0.6 is 0 Å². The summed E-state index contributed by atoms with van der Waals surface area (Å²) in [6, 6.07) is 9.38. The normalized spacial score (nSPS) is 20.1. The SMILES string of the molecule is CC1CN(C(=O)[C@@](C)(O)C(F)(F)F)Cc2cnn(-c3ccccc3)c21. The Morgan fingerprint density at radius 2 is 1.92 bits per heavy atom. The Bertz CT molecular complexity index is 784. The van der Waals surface area contributed by atoms with Crippen LogP contribution in [-0.2, 0) is 11.3 Å². The summed E-state index contributed by atoms with van der Waals surface area (Å²) in [6.07, 6.45) is -3.47. The van der Waals surface area contributed by atoms with Crippen LogP contribution < -0.4 is 0 Å². The Morgan fingerprint density at radius 3 is 2.52 bits per heavy atom. The van der Waals surface area contributed by atoms with Crippen LogP contribution in [0, 0.1) is 0 Å². The van der Waals surface area contributed by atoms with Gasteiger partial charge in [-0.05, 0) is 19.1 Å². The zero-order chi connectivity index (χ0) is 18.4. The minimum Gasteiger partial charge on any atom is -0.373 e. The summed E-state index contributed by atoms with van der Waals surface area (Å²) < 4.78 is 40.6. The van der Waals surface area contributed by atoms with Gasteiger partial charge in [-0.25, -0.2) is 4.68 Å². The second kappa shape index (κ2) is 5.87. The Balaban J connectivity index is 1.91. The first kappa shape index (κ1) is 17.5. The maximum Gasteiger partial charge on any atom is 0.426 e. The molecule has 2 atom stereocenters. The molecule has 134 valence electrons. The maximum atomic E-state index is 12.9. The molecule has 0 fully saturated rings. The van der Waals surface area contributed by atoms with Crippen molar-refractivity contribution in [3.63, 3.8) is 0 Å². The van der Waals surface area contributed by atoms with Gasteiger partial charge in [0.15, 0.2) is 0 Å². The number of para-hydroxylation sites is 1. The molecule has 8 heteroatoms. The minimum atomic E-state index is -5.03. The minimum absolute atomic E-state index is 0.0163. The van der Waals surface area contributed by atoms with Crippen LogP contribution in [-0.4, -0.2) is 44.0 Å². The van der Waals surface area contributed by atoms with Crippen molar-refractivity contribution in [1.82, 2.24) is 14.7 Å². The van der Waals surface area contributed by atoms with E-state index in [4.69, 9.17) is 0 Å². The number of hydrogen-bond acceptors (Lipinski definition) is 3. The molecule has 0 aliphatic carbocycles. The van der Waals surface area contributed by atoms with Crippen molar-refractivity contribution < 1.29 is 23.1 Å². The second-order valence-electron chi connectivity index (χ2n) is 6.46. The first-order chi connectivity index (χ1) is 11.6. The molecule has 1 aliphatic heterocycles. The number of rotatable bonds is 2. The van der Waals surface area contributed by atoms with Gasteiger partial charge in [-0.3, -0.25) is 4.79 Å². The van der Waals surface area contributed by atoms with Crippen molar-refractivity contribution in [3.8, 4) is 5.69 Å². The first-order valence-corrected chi connectivity index (χ1v) is 7.83. The highest BCUT2D eigenvalue weighted by Crippen LogP contribution is 2.35. The van der Waals surface area contributed by atoms with E-state index in [-0.39, 0.29) is 19.0 Å². The Hall–Kier alpha value is -2.35. The average molecular weight is 353 g/mol. The summed E-state index contributed by atoms with van der Waals surface area (Å²) >= 11 is 0. The lowest BCUT2D eigenvalue weighted by Crippen LogP contribution is -2.57. The Kier molecular flexibility index (Phi) is 4.10. The number of fused-ring (bicyclic) bond motifs is 1. The molecular formula is C17H18F3N3O2. The molecule has 0 spiro atoms. The van der Waals surface area contributed by atoms with Crippen molar-refractivity contribution in [3.05, 3.63) is 47.8 Å². The van der Waals surface area contributed by atoms with Crippen molar-refractivity contribution in [2.75, 3.05) is 6.54 Å². The van der Waals surface area contributed by atoms with Gasteiger partial charge >= 0.3 is 6.18 Å². The van der Waals surface area contributed by atoms with Gasteiger partial charge in [0.25, 0.3) is 5.91 Å². The van der Waals surface area contributed by atoms with E-state index in [0.29, 0.717) is 12.5 Å². The van der Waals surface area contributed by atoms with Gasteiger partial charge < -0.3 is 10.0 Å². The van der Waals surface area contributed by atoms with Crippen LogP contribution in [0.25, 0.3) is 5.69 Å². The van der Waals surface area contributed by atoms with E-state index in [1.807, 2.05) is 37.3 Å². The highest BCUT2D eigenvalue weighted by molar-refractivity contribution is 5.85. The third kappa shape index (κ3) is 2.90. The van der Waals surface area contributed by atoms with Crippen LogP contribution in [0.15, 0.2) is 36.5 Å². The number of aliphatic hydroxyl groups is 1. The number of carbonyl (C=O) groups is 1. The molecule has 1 aliphatic rings. The third-order valence-electron chi connectivity index (χ3n) is 4.46. The monoisotopic (exact) mass is 353 g/mol. The first-order valence-electron chi connectivity index (χ1n) is 7.83. The molecule has 0 saturated carbocycles. The average Bonchev–Trinajstić information content (AvgIpc) is 2.98. The number of benzene rings is 1. The number of halogens is 3. The van der Waals surface area contributed by atoms with Crippen LogP contribution in [0.2, 0.25) is 0 Å². The van der Waals surface area contributed by atoms with Crippen LogP contribution in [0.4, 0.5) is 13.2 Å². The number of alkyl halides is 3. The molecule has 2 heterocycles. The Morgan fingerprint density at radius 1 is 1.28 bits per heavy atom. The van der Waals surface area contributed by atoms with Gasteiger partial charge in [-0.15, -0.1) is 0 Å². The number of hydrogen-bond donors (Lipinski definition) is 1. The van der Waals surface area contributed by atoms with Gasteiger partial charge in [0.05, 0.1) is 17.6 Å². The summed E-state index contributed by atoms with van der Waals surface area (Å²) in [5, 5.41) is 14.0. The van der Waals surface area contributed by atoms with Gasteiger partial charge in [0, 0.05) is 24.6 Å². The van der Waals surface area contributed by atoms with Crippen LogP contribution in [0.3, 0.4) is 0 Å². The van der Waals surface area contributed by atoms with Crippen molar-refractivity contribution in [2.24, 2.45) is 0 Å². The van der Waals surface area contributed by atoms with Crippen molar-refractivity contribution in [1.29, 1.82) is 0 Å². The molecular weight excluding hydrogens is 335 g/mol. The lowest BCUT2D eigenvalue weighted by atomic mass is 9.95. The summed E-state index contributed by atoms with van der Waals surface area (Å²) in [7, 11) is 0. The second-order valence-corrected chi connectivity index (χ2v) is 6.46. The summed E-state index contributed by atoms with van der Waals surface area (Å²) in [4.78, 5) is 13.3. The molecule has 1 amide bonds. The molecule has 5 nitrogen and oxygen atoms in total. The Labute approximate surface area is 142 Å². The highest BCUT2D eigenvalue weighted by Gasteiger charge is 2.57. The molecule has 1 unspecified atom stereocenters. The van der Waals surface area contributed by atoms with E-state index < -0.39 is 17.7 Å². The van der Waals surface area contributed by atoms with E-state index >= 15 is 0 Å². The summed E-state index contributed by atoms with van der Waals surface area (Å²) in [6.45, 7) is 2.37. The summed E-state index contributed by atoms with van der Waals surface area (Å²) in [5.41, 5.74) is -1.02. The number of carbonyl (C=O) groups excluding carboxylic acids is 1. The molecule has 0 bridgehead atoms. The number of nitrogens with zero attached hydrogens (tertiary/aromatic N) is 3. The standard InChI is InChI=1S/C17H18F3N3O2/c1-11-9-22(15(24)16(2,25)17(18,19)20)10-12-8-21-23(14(11)12)13-6-4-3-5-7-13/h3-8,11,25H,9-10H2,1-2H3/t11?,16-/m1/s1. The van der Waals surface area contributed by atoms with Crippen molar-refractivity contribution in [2.45, 2.75) is 38.1 Å². The fraction of sp³-hybridized carbons (Fsp3) is 0.412. The van der Waals surface area contributed by atoms with E-state index in [0.717, 1.165) is 16.3 Å². The van der Waals surface area contributed by atoms with Crippen molar-refractivity contribution >= 4 is 5.91 Å². The lowest BCUT2D eigenvalue weighted by molar-refractivity contribution is -0.250. The van der Waals surface area contributed by atoms with Crippen LogP contribution in [0.1, 0.15) is 31.0 Å². The fourth-order valence-corrected chi connectivity index (χ4v) is 3.08. The molecule has 1 N–H and O–H groups in total. The number of aromatic nitrogens is 2. The summed E-state index contributed by atoms with van der Waals surface area (Å²) in [5.74, 6) is -1.57. The van der Waals surface area contributed by atoms with Gasteiger partial charge in [0.1, 0.15) is 0 Å². The largest absolute Gasteiger partial charge is 0.426 e. The van der Waals surface area contributed by atoms with Gasteiger partial charge in [-0.1, -0.05) is 25.1 Å². The quantitative estimate of drug-likeness (QED) is 0.903. The predicted octanol–water partition coefficient (Wildman–Crippen LogP) is 2.63.